The van der Waals surface area contributed by atoms with Crippen molar-refractivity contribution >= 4 is 15.8 Å². The fraction of sp³-hybridized carbons (Fsp3) is 0.562. The van der Waals surface area contributed by atoms with Crippen LogP contribution in [0.2, 0.25) is 0 Å². The van der Waals surface area contributed by atoms with E-state index in [1.54, 1.807) is 12.1 Å². The molecule has 0 aliphatic carbocycles. The van der Waals surface area contributed by atoms with E-state index >= 15 is 0 Å². The molecule has 0 saturated heterocycles. The normalized spacial score (nSPS) is 15.0. The number of rotatable bonds is 8. The smallest absolute Gasteiger partial charge is 0.191 e. The van der Waals surface area contributed by atoms with Crippen LogP contribution in [0.15, 0.2) is 29.3 Å². The molecule has 1 aromatic carbocycles. The molecule has 0 bridgehead atoms. The number of sulfone groups is 1. The number of guanidine groups is 1. The molecule has 6 nitrogen and oxygen atoms in total. The molecule has 24 heavy (non-hydrogen) atoms. The molecular weight excluding hydrogens is 333 g/mol. The highest BCUT2D eigenvalue weighted by molar-refractivity contribution is 7.90. The van der Waals surface area contributed by atoms with Gasteiger partial charge in [0.1, 0.15) is 21.8 Å². The highest BCUT2D eigenvalue weighted by atomic mass is 32.2. The largest absolute Gasteiger partial charge is 0.386 e. The van der Waals surface area contributed by atoms with Crippen molar-refractivity contribution in [3.05, 3.63) is 35.6 Å². The Balaban J connectivity index is 2.66. The van der Waals surface area contributed by atoms with Gasteiger partial charge in [-0.05, 0) is 26.3 Å². The van der Waals surface area contributed by atoms with Crippen LogP contribution in [0.25, 0.3) is 0 Å². The highest BCUT2D eigenvalue weighted by Gasteiger charge is 2.13. The summed E-state index contributed by atoms with van der Waals surface area (Å²) in [5, 5.41) is 16.2. The molecular formula is C16H26FN3O3S. The fourth-order valence-electron chi connectivity index (χ4n) is 2.04. The third-order valence-corrected chi connectivity index (χ3v) is 4.31. The topological polar surface area (TPSA) is 90.8 Å². The molecule has 0 aromatic heterocycles. The van der Waals surface area contributed by atoms with Crippen molar-refractivity contribution in [1.29, 1.82) is 0 Å². The van der Waals surface area contributed by atoms with Crippen molar-refractivity contribution in [3.63, 3.8) is 0 Å². The van der Waals surface area contributed by atoms with E-state index in [1.807, 2.05) is 13.8 Å². The van der Waals surface area contributed by atoms with E-state index in [-0.39, 0.29) is 23.9 Å². The number of aliphatic hydroxyl groups is 1. The molecule has 0 heterocycles. The lowest BCUT2D eigenvalue weighted by molar-refractivity contribution is 0.182. The maximum atomic E-state index is 13.6. The van der Waals surface area contributed by atoms with Crippen LogP contribution in [0, 0.1) is 5.82 Å². The SMILES string of the molecule is CCNC(=NCC(O)c1ccccc1F)NC(C)CCS(C)(=O)=O. The predicted molar refractivity (Wildman–Crippen MR) is 94.3 cm³/mol. The Bertz CT molecular complexity index is 650. The van der Waals surface area contributed by atoms with E-state index in [0.717, 1.165) is 0 Å². The number of hydrogen-bond donors (Lipinski definition) is 3. The minimum Gasteiger partial charge on any atom is -0.386 e. The van der Waals surface area contributed by atoms with E-state index in [1.165, 1.54) is 18.4 Å². The van der Waals surface area contributed by atoms with E-state index in [2.05, 4.69) is 15.6 Å². The van der Waals surface area contributed by atoms with Gasteiger partial charge in [0.15, 0.2) is 5.96 Å². The van der Waals surface area contributed by atoms with Gasteiger partial charge in [-0.15, -0.1) is 0 Å². The zero-order chi connectivity index (χ0) is 18.2. The Kier molecular flexibility index (Phi) is 8.14. The van der Waals surface area contributed by atoms with Crippen LogP contribution in [0.3, 0.4) is 0 Å². The summed E-state index contributed by atoms with van der Waals surface area (Å²) < 4.78 is 36.1. The molecule has 3 N–H and O–H groups in total. The molecule has 0 aliphatic heterocycles. The number of aliphatic imine (C=N–C) groups is 1. The molecule has 1 aromatic rings. The summed E-state index contributed by atoms with van der Waals surface area (Å²) in [5.41, 5.74) is 0.197. The van der Waals surface area contributed by atoms with Gasteiger partial charge in [0.05, 0.1) is 12.3 Å². The summed E-state index contributed by atoms with van der Waals surface area (Å²) in [6.45, 7) is 4.35. The molecule has 2 unspecified atom stereocenters. The second kappa shape index (κ2) is 9.58. The van der Waals surface area contributed by atoms with Gasteiger partial charge in [-0.25, -0.2) is 12.8 Å². The Morgan fingerprint density at radius 1 is 1.38 bits per heavy atom. The minimum atomic E-state index is -3.02. The molecule has 0 aliphatic rings. The van der Waals surface area contributed by atoms with Crippen LogP contribution in [-0.2, 0) is 9.84 Å². The minimum absolute atomic E-state index is 0.00490. The summed E-state index contributed by atoms with van der Waals surface area (Å²) in [6.07, 6.45) is 0.594. The number of halogens is 1. The highest BCUT2D eigenvalue weighted by Crippen LogP contribution is 2.16. The zero-order valence-electron chi connectivity index (χ0n) is 14.3. The lowest BCUT2D eigenvalue weighted by Crippen LogP contribution is -2.43. The van der Waals surface area contributed by atoms with Crippen molar-refractivity contribution in [3.8, 4) is 0 Å². The quantitative estimate of drug-likeness (QED) is 0.480. The third-order valence-electron chi connectivity index (χ3n) is 3.34. The van der Waals surface area contributed by atoms with Gasteiger partial charge >= 0.3 is 0 Å². The molecule has 0 fully saturated rings. The van der Waals surface area contributed by atoms with Crippen molar-refractivity contribution in [2.75, 3.05) is 25.1 Å². The zero-order valence-corrected chi connectivity index (χ0v) is 15.1. The molecule has 0 saturated carbocycles. The Labute approximate surface area is 143 Å². The molecule has 0 radical (unpaired) electrons. The molecule has 0 amide bonds. The van der Waals surface area contributed by atoms with E-state index in [4.69, 9.17) is 0 Å². The van der Waals surface area contributed by atoms with Crippen LogP contribution < -0.4 is 10.6 Å². The van der Waals surface area contributed by atoms with Gasteiger partial charge in [-0.1, -0.05) is 18.2 Å². The molecule has 136 valence electrons. The van der Waals surface area contributed by atoms with Gasteiger partial charge in [-0.2, -0.15) is 0 Å². The number of nitrogens with zero attached hydrogens (tertiary/aromatic N) is 1. The second-order valence-electron chi connectivity index (χ2n) is 5.72. The number of nitrogens with one attached hydrogen (secondary N) is 2. The maximum absolute atomic E-state index is 13.6. The first-order valence-corrected chi connectivity index (χ1v) is 9.94. The first-order valence-electron chi connectivity index (χ1n) is 7.88. The van der Waals surface area contributed by atoms with Gasteiger partial charge < -0.3 is 15.7 Å². The van der Waals surface area contributed by atoms with Gasteiger partial charge in [-0.3, -0.25) is 4.99 Å². The Morgan fingerprint density at radius 2 is 2.04 bits per heavy atom. The third kappa shape index (κ3) is 7.74. The maximum Gasteiger partial charge on any atom is 0.191 e. The summed E-state index contributed by atoms with van der Waals surface area (Å²) in [5.74, 6) is 0.0619. The van der Waals surface area contributed by atoms with Crippen LogP contribution >= 0.6 is 0 Å². The van der Waals surface area contributed by atoms with Crippen molar-refractivity contribution in [1.82, 2.24) is 10.6 Å². The Morgan fingerprint density at radius 3 is 2.62 bits per heavy atom. The van der Waals surface area contributed by atoms with Crippen molar-refractivity contribution in [2.24, 2.45) is 4.99 Å². The first kappa shape index (κ1) is 20.4. The lowest BCUT2D eigenvalue weighted by Gasteiger charge is -2.18. The van der Waals surface area contributed by atoms with E-state index < -0.39 is 21.8 Å². The molecule has 2 atom stereocenters. The summed E-state index contributed by atoms with van der Waals surface area (Å²) in [7, 11) is -3.02. The van der Waals surface area contributed by atoms with Crippen LogP contribution in [-0.4, -0.2) is 50.6 Å². The van der Waals surface area contributed by atoms with Gasteiger partial charge in [0, 0.05) is 24.4 Å². The van der Waals surface area contributed by atoms with Crippen LogP contribution in [0.5, 0.6) is 0 Å². The summed E-state index contributed by atoms with van der Waals surface area (Å²) in [6, 6.07) is 5.92. The average Bonchev–Trinajstić information content (AvgIpc) is 2.50. The van der Waals surface area contributed by atoms with Gasteiger partial charge in [0.25, 0.3) is 0 Å². The lowest BCUT2D eigenvalue weighted by atomic mass is 10.1. The van der Waals surface area contributed by atoms with Crippen molar-refractivity contribution in [2.45, 2.75) is 32.4 Å². The first-order chi connectivity index (χ1) is 11.2. The monoisotopic (exact) mass is 359 g/mol. The number of aliphatic hydroxyl groups excluding tert-OH is 1. The van der Waals surface area contributed by atoms with Crippen molar-refractivity contribution < 1.29 is 17.9 Å². The Hall–Kier alpha value is -1.67. The molecule has 1 rings (SSSR count). The summed E-state index contributed by atoms with van der Waals surface area (Å²) in [4.78, 5) is 4.24. The van der Waals surface area contributed by atoms with Gasteiger partial charge in [0.2, 0.25) is 0 Å². The average molecular weight is 359 g/mol. The second-order valence-corrected chi connectivity index (χ2v) is 7.98. The number of hydrogen-bond acceptors (Lipinski definition) is 4. The summed E-state index contributed by atoms with van der Waals surface area (Å²) >= 11 is 0. The standard InChI is InChI=1S/C16H26FN3O3S/c1-4-18-16(20-12(2)9-10-24(3,22)23)19-11-15(21)13-7-5-6-8-14(13)17/h5-8,12,15,21H,4,9-11H2,1-3H3,(H2,18,19,20). The van der Waals surface area contributed by atoms with Crippen LogP contribution in [0.1, 0.15) is 31.9 Å². The van der Waals surface area contributed by atoms with E-state index in [9.17, 15) is 17.9 Å². The number of benzene rings is 1. The predicted octanol–water partition coefficient (Wildman–Crippen LogP) is 1.24. The fourth-order valence-corrected chi connectivity index (χ4v) is 2.82. The molecule has 0 spiro atoms. The van der Waals surface area contributed by atoms with Crippen LogP contribution in [0.4, 0.5) is 4.39 Å². The van der Waals surface area contributed by atoms with E-state index in [0.29, 0.717) is 18.9 Å². The molecule has 8 heteroatoms.